The Labute approximate surface area is 125 Å². The first-order valence-corrected chi connectivity index (χ1v) is 6.18. The van der Waals surface area contributed by atoms with E-state index < -0.39 is 29.7 Å². The number of aldehydes is 1. The summed E-state index contributed by atoms with van der Waals surface area (Å²) in [5.41, 5.74) is -1.84. The van der Waals surface area contributed by atoms with Crippen molar-refractivity contribution in [3.63, 3.8) is 0 Å². The molecule has 0 saturated carbocycles. The summed E-state index contributed by atoms with van der Waals surface area (Å²) in [5, 5.41) is 16.4. The molecule has 0 aliphatic heterocycles. The van der Waals surface area contributed by atoms with Crippen LogP contribution in [0.15, 0.2) is 35.5 Å². The molecule has 0 unspecified atom stereocenters. The Kier molecular flexibility index (Phi) is 8.69. The van der Waals surface area contributed by atoms with Crippen molar-refractivity contribution in [2.75, 3.05) is 11.9 Å². The van der Waals surface area contributed by atoms with E-state index in [-0.39, 0.29) is 18.6 Å². The number of anilines is 1. The van der Waals surface area contributed by atoms with Gasteiger partial charge in [0.2, 0.25) is 0 Å². The lowest BCUT2D eigenvalue weighted by molar-refractivity contribution is -0.107. The Bertz CT molecular complexity index is 511. The summed E-state index contributed by atoms with van der Waals surface area (Å²) >= 11 is 0. The third-order valence-electron chi connectivity index (χ3n) is 2.18. The van der Waals surface area contributed by atoms with Gasteiger partial charge in [-0.3, -0.25) is 4.79 Å². The number of nitrogens with one attached hydrogen (secondary N) is 2. The first kappa shape index (κ1) is 19.8. The second-order valence-electron chi connectivity index (χ2n) is 3.87. The van der Waals surface area contributed by atoms with Crippen molar-refractivity contribution in [2.24, 2.45) is 0 Å². The monoisotopic (exact) mass is 320 g/mol. The molecule has 8 heteroatoms. The lowest BCUT2D eigenvalue weighted by Gasteiger charge is -2.16. The van der Waals surface area contributed by atoms with Crippen LogP contribution in [0.2, 0.25) is 0 Å². The minimum absolute atomic E-state index is 0.00180. The van der Waals surface area contributed by atoms with Crippen LogP contribution in [-0.4, -0.2) is 30.4 Å². The molecule has 0 spiro atoms. The number of halogens is 4. The van der Waals surface area contributed by atoms with Crippen LogP contribution in [0.5, 0.6) is 0 Å². The van der Waals surface area contributed by atoms with Gasteiger partial charge in [-0.2, -0.15) is 13.2 Å². The SMILES string of the molecule is CCO.N=CC/C(C=O)=C(\Nc1ccc(F)cc1)C(F)(F)F. The maximum absolute atomic E-state index is 12.8. The molecule has 22 heavy (non-hydrogen) atoms. The molecular formula is C14H16F4N2O2. The fraction of sp³-hybridized carbons (Fsp3) is 0.286. The van der Waals surface area contributed by atoms with E-state index in [0.717, 1.165) is 24.3 Å². The Balaban J connectivity index is 0.00000135. The second-order valence-corrected chi connectivity index (χ2v) is 3.87. The van der Waals surface area contributed by atoms with Crippen molar-refractivity contribution in [1.82, 2.24) is 0 Å². The summed E-state index contributed by atoms with van der Waals surface area (Å²) < 4.78 is 51.1. The molecule has 0 aliphatic rings. The predicted octanol–water partition coefficient (Wildman–Crippen LogP) is 3.29. The number of carbonyl (C=O) groups excluding carboxylic acids is 1. The largest absolute Gasteiger partial charge is 0.431 e. The Hall–Kier alpha value is -2.22. The quantitative estimate of drug-likeness (QED) is 0.337. The molecule has 4 nitrogen and oxygen atoms in total. The van der Waals surface area contributed by atoms with Gasteiger partial charge in [0.1, 0.15) is 17.8 Å². The van der Waals surface area contributed by atoms with Crippen molar-refractivity contribution >= 4 is 18.2 Å². The zero-order chi connectivity index (χ0) is 17.2. The molecule has 0 fully saturated rings. The lowest BCUT2D eigenvalue weighted by atomic mass is 10.1. The van der Waals surface area contributed by atoms with Gasteiger partial charge in [-0.1, -0.05) is 0 Å². The topological polar surface area (TPSA) is 73.2 Å². The number of benzene rings is 1. The number of carbonyl (C=O) groups is 1. The van der Waals surface area contributed by atoms with Crippen molar-refractivity contribution in [3.8, 4) is 0 Å². The molecule has 0 atom stereocenters. The van der Waals surface area contributed by atoms with Crippen LogP contribution in [0.25, 0.3) is 0 Å². The predicted molar refractivity (Wildman–Crippen MR) is 75.3 cm³/mol. The number of alkyl halides is 3. The third-order valence-corrected chi connectivity index (χ3v) is 2.18. The highest BCUT2D eigenvalue weighted by Gasteiger charge is 2.36. The molecule has 122 valence electrons. The number of hydrogen-bond donors (Lipinski definition) is 3. The molecule has 0 radical (unpaired) electrons. The summed E-state index contributed by atoms with van der Waals surface area (Å²) in [5.74, 6) is -0.585. The Morgan fingerprint density at radius 3 is 2.18 bits per heavy atom. The minimum Gasteiger partial charge on any atom is -0.397 e. The lowest BCUT2D eigenvalue weighted by Crippen LogP contribution is -2.22. The standard InChI is InChI=1S/C12H10F4N2O.C2H6O/c13-9-1-3-10(4-2-9)18-11(12(14,15)16)8(7-19)5-6-17;1-2-3/h1-4,6-7,17-18H,5H2;3H,2H2,1H3/b11-8+,17-6?;. The van der Waals surface area contributed by atoms with E-state index in [9.17, 15) is 22.4 Å². The van der Waals surface area contributed by atoms with E-state index in [4.69, 9.17) is 10.5 Å². The maximum atomic E-state index is 12.8. The molecule has 1 aromatic rings. The fourth-order valence-corrected chi connectivity index (χ4v) is 1.33. The van der Waals surface area contributed by atoms with Gasteiger partial charge in [-0.25, -0.2) is 4.39 Å². The van der Waals surface area contributed by atoms with Crippen LogP contribution in [0.1, 0.15) is 13.3 Å². The Morgan fingerprint density at radius 2 is 1.82 bits per heavy atom. The minimum atomic E-state index is -4.77. The number of allylic oxidation sites excluding steroid dienone is 2. The summed E-state index contributed by atoms with van der Waals surface area (Å²) in [6.45, 7) is 1.93. The smallest absolute Gasteiger partial charge is 0.397 e. The summed E-state index contributed by atoms with van der Waals surface area (Å²) in [7, 11) is 0. The molecule has 0 heterocycles. The number of aliphatic hydroxyl groups excluding tert-OH is 1. The normalized spacial score (nSPS) is 11.7. The van der Waals surface area contributed by atoms with Crippen molar-refractivity contribution in [1.29, 1.82) is 5.41 Å². The van der Waals surface area contributed by atoms with Gasteiger partial charge in [0, 0.05) is 24.3 Å². The highest BCUT2D eigenvalue weighted by molar-refractivity contribution is 5.82. The van der Waals surface area contributed by atoms with Gasteiger partial charge in [-0.15, -0.1) is 0 Å². The fourth-order valence-electron chi connectivity index (χ4n) is 1.33. The zero-order valence-corrected chi connectivity index (χ0v) is 11.7. The average molecular weight is 320 g/mol. The van der Waals surface area contributed by atoms with Gasteiger partial charge >= 0.3 is 6.18 Å². The van der Waals surface area contributed by atoms with Crippen LogP contribution in [0.4, 0.5) is 23.2 Å². The molecule has 0 amide bonds. The summed E-state index contributed by atoms with van der Waals surface area (Å²) in [4.78, 5) is 10.7. The van der Waals surface area contributed by atoms with Gasteiger partial charge < -0.3 is 15.8 Å². The van der Waals surface area contributed by atoms with Crippen LogP contribution in [0.3, 0.4) is 0 Å². The molecule has 1 rings (SSSR count). The van der Waals surface area contributed by atoms with Crippen LogP contribution in [0, 0.1) is 11.2 Å². The summed E-state index contributed by atoms with van der Waals surface area (Å²) in [6, 6.07) is 4.23. The van der Waals surface area contributed by atoms with Gasteiger partial charge in [0.15, 0.2) is 0 Å². The van der Waals surface area contributed by atoms with E-state index >= 15 is 0 Å². The average Bonchev–Trinajstić information content (AvgIpc) is 2.44. The van der Waals surface area contributed by atoms with E-state index in [0.29, 0.717) is 6.21 Å². The zero-order valence-electron chi connectivity index (χ0n) is 11.7. The Morgan fingerprint density at radius 1 is 1.32 bits per heavy atom. The molecule has 0 saturated heterocycles. The highest BCUT2D eigenvalue weighted by Crippen LogP contribution is 2.29. The van der Waals surface area contributed by atoms with Gasteiger partial charge in [-0.05, 0) is 37.4 Å². The maximum Gasteiger partial charge on any atom is 0.431 e. The molecule has 3 N–H and O–H groups in total. The van der Waals surface area contributed by atoms with Crippen molar-refractivity contribution < 1.29 is 27.5 Å². The van der Waals surface area contributed by atoms with Crippen LogP contribution in [-0.2, 0) is 4.79 Å². The van der Waals surface area contributed by atoms with E-state index in [1.54, 1.807) is 6.92 Å². The molecular weight excluding hydrogens is 304 g/mol. The number of hydrogen-bond acceptors (Lipinski definition) is 4. The first-order chi connectivity index (χ1) is 10.3. The molecule has 1 aromatic carbocycles. The van der Waals surface area contributed by atoms with Crippen LogP contribution >= 0.6 is 0 Å². The van der Waals surface area contributed by atoms with Crippen molar-refractivity contribution in [3.05, 3.63) is 41.4 Å². The van der Waals surface area contributed by atoms with E-state index in [1.165, 1.54) is 0 Å². The second kappa shape index (κ2) is 9.67. The highest BCUT2D eigenvalue weighted by atomic mass is 19.4. The third kappa shape index (κ3) is 6.98. The molecule has 0 bridgehead atoms. The number of rotatable bonds is 5. The van der Waals surface area contributed by atoms with E-state index in [1.807, 2.05) is 5.32 Å². The van der Waals surface area contributed by atoms with E-state index in [2.05, 4.69) is 0 Å². The van der Waals surface area contributed by atoms with Crippen LogP contribution < -0.4 is 5.32 Å². The summed E-state index contributed by atoms with van der Waals surface area (Å²) in [6.07, 6.45) is -4.47. The first-order valence-electron chi connectivity index (χ1n) is 6.18. The van der Waals surface area contributed by atoms with Gasteiger partial charge in [0.05, 0.1) is 0 Å². The van der Waals surface area contributed by atoms with Gasteiger partial charge in [0.25, 0.3) is 0 Å². The molecule has 0 aromatic heterocycles. The van der Waals surface area contributed by atoms with Crippen molar-refractivity contribution in [2.45, 2.75) is 19.5 Å². The molecule has 0 aliphatic carbocycles. The number of aliphatic hydroxyl groups is 1.